The van der Waals surface area contributed by atoms with Crippen LogP contribution in [0.4, 0.5) is 0 Å². The van der Waals surface area contributed by atoms with Crippen LogP contribution in [0, 0.1) is 0 Å². The van der Waals surface area contributed by atoms with Crippen LogP contribution in [-0.2, 0) is 22.6 Å². The fraction of sp³-hybridized carbons (Fsp3) is 0.684. The number of imidazole rings is 2. The SMILES string of the molecule is COCCCn1ccnc1C(C)C.COCCn1cnc(C(C)C)c1. The molecule has 0 bridgehead atoms. The molecule has 0 unspecified atom stereocenters. The lowest BCUT2D eigenvalue weighted by atomic mass is 10.2. The molecule has 142 valence electrons. The first-order valence-corrected chi connectivity index (χ1v) is 9.00. The molecule has 2 rings (SSSR count). The van der Waals surface area contributed by atoms with E-state index < -0.39 is 0 Å². The van der Waals surface area contributed by atoms with Gasteiger partial charge in [0.05, 0.1) is 18.6 Å². The van der Waals surface area contributed by atoms with Gasteiger partial charge in [-0.2, -0.15) is 0 Å². The van der Waals surface area contributed by atoms with Crippen LogP contribution in [-0.4, -0.2) is 46.5 Å². The van der Waals surface area contributed by atoms with Crippen LogP contribution in [0.2, 0.25) is 0 Å². The standard InChI is InChI=1S/C10H18N2O.C9H16N2O/c1-9(2)10-11-5-7-12(10)6-4-8-13-3;1-8(2)9-6-11(7-10-9)4-5-12-3/h5,7,9H,4,6,8H2,1-3H3;6-8H,4-5H2,1-3H3. The van der Waals surface area contributed by atoms with E-state index in [0.717, 1.165) is 44.2 Å². The molecule has 6 nitrogen and oxygen atoms in total. The first kappa shape index (κ1) is 21.4. The zero-order chi connectivity index (χ0) is 18.7. The summed E-state index contributed by atoms with van der Waals surface area (Å²) in [5.74, 6) is 2.17. The number of hydrogen-bond donors (Lipinski definition) is 0. The molecule has 0 aliphatic carbocycles. The summed E-state index contributed by atoms with van der Waals surface area (Å²) in [7, 11) is 3.44. The molecule has 6 heteroatoms. The van der Waals surface area contributed by atoms with Crippen molar-refractivity contribution in [3.05, 3.63) is 36.4 Å². The summed E-state index contributed by atoms with van der Waals surface area (Å²) in [6, 6.07) is 0. The zero-order valence-electron chi connectivity index (χ0n) is 16.6. The lowest BCUT2D eigenvalue weighted by molar-refractivity contribution is 0.187. The van der Waals surface area contributed by atoms with Crippen LogP contribution in [0.25, 0.3) is 0 Å². The van der Waals surface area contributed by atoms with Crippen LogP contribution >= 0.6 is 0 Å². The van der Waals surface area contributed by atoms with Crippen molar-refractivity contribution in [3.63, 3.8) is 0 Å². The minimum Gasteiger partial charge on any atom is -0.385 e. The van der Waals surface area contributed by atoms with Crippen LogP contribution in [0.15, 0.2) is 24.9 Å². The fourth-order valence-electron chi connectivity index (χ4n) is 2.38. The number of nitrogens with zero attached hydrogens (tertiary/aromatic N) is 4. The molecule has 0 spiro atoms. The van der Waals surface area contributed by atoms with Crippen molar-refractivity contribution in [3.8, 4) is 0 Å². The van der Waals surface area contributed by atoms with E-state index in [1.165, 1.54) is 0 Å². The highest BCUT2D eigenvalue weighted by Crippen LogP contribution is 2.12. The Kier molecular flexibility index (Phi) is 10.1. The summed E-state index contributed by atoms with van der Waals surface area (Å²) >= 11 is 0. The van der Waals surface area contributed by atoms with E-state index in [1.807, 2.05) is 18.7 Å². The maximum absolute atomic E-state index is 5.01. The molecule has 0 saturated heterocycles. The average Bonchev–Trinajstić information content (AvgIpc) is 3.23. The average molecular weight is 351 g/mol. The number of rotatable bonds is 9. The second-order valence-electron chi connectivity index (χ2n) is 6.66. The van der Waals surface area contributed by atoms with E-state index in [0.29, 0.717) is 11.8 Å². The van der Waals surface area contributed by atoms with E-state index in [1.54, 1.807) is 14.2 Å². The van der Waals surface area contributed by atoms with Gasteiger partial charge in [0.2, 0.25) is 0 Å². The van der Waals surface area contributed by atoms with Gasteiger partial charge >= 0.3 is 0 Å². The highest BCUT2D eigenvalue weighted by molar-refractivity contribution is 5.01. The van der Waals surface area contributed by atoms with Gasteiger partial charge < -0.3 is 18.6 Å². The topological polar surface area (TPSA) is 54.1 Å². The first-order valence-electron chi connectivity index (χ1n) is 9.00. The summed E-state index contributed by atoms with van der Waals surface area (Å²) in [5, 5.41) is 0. The number of hydrogen-bond acceptors (Lipinski definition) is 4. The monoisotopic (exact) mass is 350 g/mol. The van der Waals surface area contributed by atoms with E-state index in [-0.39, 0.29) is 0 Å². The predicted octanol–water partition coefficient (Wildman–Crippen LogP) is 3.70. The Balaban J connectivity index is 0.000000251. The third-order valence-corrected chi connectivity index (χ3v) is 3.81. The van der Waals surface area contributed by atoms with Gasteiger partial charge in [-0.25, -0.2) is 9.97 Å². The summed E-state index contributed by atoms with van der Waals surface area (Å²) in [6.45, 7) is 12.1. The van der Waals surface area contributed by atoms with Gasteiger partial charge in [0.15, 0.2) is 0 Å². The molecule has 0 fully saturated rings. The van der Waals surface area contributed by atoms with E-state index >= 15 is 0 Å². The highest BCUT2D eigenvalue weighted by Gasteiger charge is 2.05. The zero-order valence-corrected chi connectivity index (χ0v) is 16.6. The van der Waals surface area contributed by atoms with Gasteiger partial charge in [-0.1, -0.05) is 27.7 Å². The van der Waals surface area contributed by atoms with Gasteiger partial charge in [-0.05, 0) is 12.3 Å². The molecule has 0 aliphatic rings. The lowest BCUT2D eigenvalue weighted by Crippen LogP contribution is -2.06. The van der Waals surface area contributed by atoms with Crippen molar-refractivity contribution in [2.24, 2.45) is 0 Å². The summed E-state index contributed by atoms with van der Waals surface area (Å²) in [6.07, 6.45) is 8.87. The third-order valence-electron chi connectivity index (χ3n) is 3.81. The van der Waals surface area contributed by atoms with Crippen molar-refractivity contribution < 1.29 is 9.47 Å². The normalized spacial score (nSPS) is 11.0. The number of methoxy groups -OCH3 is 2. The number of aromatic nitrogens is 4. The van der Waals surface area contributed by atoms with Crippen molar-refractivity contribution >= 4 is 0 Å². The molecule has 0 amide bonds. The summed E-state index contributed by atoms with van der Waals surface area (Å²) in [4.78, 5) is 8.59. The Bertz CT molecular complexity index is 575. The van der Waals surface area contributed by atoms with Crippen molar-refractivity contribution in [1.29, 1.82) is 0 Å². The maximum Gasteiger partial charge on any atom is 0.111 e. The smallest absolute Gasteiger partial charge is 0.111 e. The molecular weight excluding hydrogens is 316 g/mol. The van der Waals surface area contributed by atoms with E-state index in [4.69, 9.17) is 9.47 Å². The minimum absolute atomic E-state index is 0.498. The van der Waals surface area contributed by atoms with Crippen LogP contribution in [0.5, 0.6) is 0 Å². The van der Waals surface area contributed by atoms with Gasteiger partial charge in [0.25, 0.3) is 0 Å². The second-order valence-corrected chi connectivity index (χ2v) is 6.66. The molecular formula is C19H34N4O2. The molecule has 0 aromatic carbocycles. The molecule has 2 aromatic heterocycles. The molecule has 0 radical (unpaired) electrons. The minimum atomic E-state index is 0.498. The number of aryl methyl sites for hydroxylation is 1. The van der Waals surface area contributed by atoms with Gasteiger partial charge in [0.1, 0.15) is 5.82 Å². The Morgan fingerprint density at radius 1 is 0.960 bits per heavy atom. The van der Waals surface area contributed by atoms with Gasteiger partial charge in [-0.15, -0.1) is 0 Å². The van der Waals surface area contributed by atoms with Crippen molar-refractivity contribution in [2.75, 3.05) is 27.4 Å². The van der Waals surface area contributed by atoms with Crippen LogP contribution in [0.1, 0.15) is 57.5 Å². The second kappa shape index (κ2) is 11.8. The Labute approximate surface area is 152 Å². The van der Waals surface area contributed by atoms with Crippen LogP contribution < -0.4 is 0 Å². The molecule has 2 heterocycles. The Morgan fingerprint density at radius 3 is 2.24 bits per heavy atom. The molecule has 2 aromatic rings. The Hall–Kier alpha value is -1.66. The van der Waals surface area contributed by atoms with Crippen LogP contribution in [0.3, 0.4) is 0 Å². The molecule has 0 saturated carbocycles. The largest absolute Gasteiger partial charge is 0.385 e. The lowest BCUT2D eigenvalue weighted by Gasteiger charge is -2.09. The molecule has 0 N–H and O–H groups in total. The molecule has 25 heavy (non-hydrogen) atoms. The maximum atomic E-state index is 5.01. The highest BCUT2D eigenvalue weighted by atomic mass is 16.5. The van der Waals surface area contributed by atoms with E-state index in [9.17, 15) is 0 Å². The molecule has 0 atom stereocenters. The van der Waals surface area contributed by atoms with Crippen molar-refractivity contribution in [2.45, 2.75) is 59.0 Å². The van der Waals surface area contributed by atoms with Gasteiger partial charge in [0, 0.05) is 58.4 Å². The molecule has 0 aliphatic heterocycles. The Morgan fingerprint density at radius 2 is 1.68 bits per heavy atom. The summed E-state index contributed by atoms with van der Waals surface area (Å²) < 4.78 is 14.2. The fourth-order valence-corrected chi connectivity index (χ4v) is 2.38. The summed E-state index contributed by atoms with van der Waals surface area (Å²) in [5.41, 5.74) is 1.14. The first-order chi connectivity index (χ1) is 12.0. The predicted molar refractivity (Wildman–Crippen MR) is 101 cm³/mol. The third kappa shape index (κ3) is 7.84. The number of ether oxygens (including phenoxy) is 2. The van der Waals surface area contributed by atoms with Crippen molar-refractivity contribution in [1.82, 2.24) is 19.1 Å². The van der Waals surface area contributed by atoms with E-state index in [2.05, 4.69) is 53.0 Å². The quantitative estimate of drug-likeness (QED) is 0.647. The van der Waals surface area contributed by atoms with Gasteiger partial charge in [-0.3, -0.25) is 0 Å².